The number of primary amides is 1. The smallest absolute Gasteiger partial charge is 0.329 e. The fourth-order valence-corrected chi connectivity index (χ4v) is 1.46. The van der Waals surface area contributed by atoms with E-state index in [4.69, 9.17) is 15.6 Å². The van der Waals surface area contributed by atoms with Gasteiger partial charge in [-0.1, -0.05) is 6.07 Å². The van der Waals surface area contributed by atoms with Crippen LogP contribution < -0.4 is 15.8 Å². The minimum Gasteiger partial charge on any atom is -0.490 e. The molecule has 0 aliphatic heterocycles. The number of aliphatic carboxylic acids is 1. The molecule has 0 saturated heterocycles. The number of benzene rings is 1. The molecule has 0 radical (unpaired) electrons. The minimum atomic E-state index is -1.32. The summed E-state index contributed by atoms with van der Waals surface area (Å²) in [6, 6.07) is 2.26. The zero-order valence-corrected chi connectivity index (χ0v) is 10.6. The number of nitrogens with one attached hydrogen (secondary N) is 1. The van der Waals surface area contributed by atoms with Gasteiger partial charge in [0.05, 0.1) is 0 Å². The normalized spacial score (nSPS) is 11.5. The van der Waals surface area contributed by atoms with Gasteiger partial charge >= 0.3 is 5.97 Å². The first kappa shape index (κ1) is 15.4. The van der Waals surface area contributed by atoms with E-state index in [9.17, 15) is 18.8 Å². The van der Waals surface area contributed by atoms with Gasteiger partial charge in [0.1, 0.15) is 23.7 Å². The van der Waals surface area contributed by atoms with E-state index in [1.165, 1.54) is 12.1 Å². The molecule has 1 aromatic carbocycles. The first-order valence-electron chi connectivity index (χ1n) is 5.54. The maximum atomic E-state index is 13.4. The van der Waals surface area contributed by atoms with Crippen molar-refractivity contribution in [2.45, 2.75) is 13.0 Å². The van der Waals surface area contributed by atoms with Gasteiger partial charge in [-0.15, -0.1) is 0 Å². The van der Waals surface area contributed by atoms with E-state index in [-0.39, 0.29) is 5.75 Å². The van der Waals surface area contributed by atoms with Crippen LogP contribution in [0.2, 0.25) is 0 Å². The van der Waals surface area contributed by atoms with Crippen LogP contribution in [0.3, 0.4) is 0 Å². The number of carboxylic acids is 1. The zero-order chi connectivity index (χ0) is 15.3. The van der Waals surface area contributed by atoms with Gasteiger partial charge in [-0.25, -0.2) is 9.18 Å². The van der Waals surface area contributed by atoms with Crippen molar-refractivity contribution in [3.8, 4) is 5.75 Å². The highest BCUT2D eigenvalue weighted by molar-refractivity contribution is 5.95. The Balaban J connectivity index is 2.88. The second kappa shape index (κ2) is 6.50. The number of rotatable bonds is 6. The van der Waals surface area contributed by atoms with Gasteiger partial charge in [0.15, 0.2) is 6.04 Å². The van der Waals surface area contributed by atoms with Crippen molar-refractivity contribution < 1.29 is 28.6 Å². The summed E-state index contributed by atoms with van der Waals surface area (Å²) in [6.45, 7) is 0.672. The fraction of sp³-hybridized carbons (Fsp3) is 0.250. The highest BCUT2D eigenvalue weighted by Crippen LogP contribution is 2.21. The summed E-state index contributed by atoms with van der Waals surface area (Å²) >= 11 is 0. The van der Waals surface area contributed by atoms with E-state index in [2.05, 4.69) is 5.32 Å². The van der Waals surface area contributed by atoms with Gasteiger partial charge in [-0.3, -0.25) is 9.59 Å². The Morgan fingerprint density at radius 1 is 1.45 bits per heavy atom. The van der Waals surface area contributed by atoms with Gasteiger partial charge < -0.3 is 20.9 Å². The monoisotopic (exact) mass is 284 g/mol. The molecule has 1 aromatic rings. The first-order chi connectivity index (χ1) is 9.32. The predicted octanol–water partition coefficient (Wildman–Crippen LogP) is -0.107. The van der Waals surface area contributed by atoms with Crippen LogP contribution in [0.15, 0.2) is 18.2 Å². The molecule has 4 N–H and O–H groups in total. The summed E-state index contributed by atoms with van der Waals surface area (Å²) in [5.74, 6) is -3.98. The summed E-state index contributed by atoms with van der Waals surface area (Å²) < 4.78 is 18.5. The van der Waals surface area contributed by atoms with Gasteiger partial charge in [-0.05, 0) is 12.1 Å². The second-order valence-electron chi connectivity index (χ2n) is 3.88. The van der Waals surface area contributed by atoms with Crippen LogP contribution in [-0.2, 0) is 9.59 Å². The van der Waals surface area contributed by atoms with Gasteiger partial charge in [0.2, 0.25) is 5.91 Å². The van der Waals surface area contributed by atoms with Gasteiger partial charge in [-0.2, -0.15) is 0 Å². The Kier molecular flexibility index (Phi) is 5.01. The lowest BCUT2D eigenvalue weighted by Crippen LogP contribution is -2.44. The molecular weight excluding hydrogens is 271 g/mol. The lowest BCUT2D eigenvalue weighted by Gasteiger charge is -2.15. The molecule has 0 aromatic heterocycles. The average molecular weight is 284 g/mol. The maximum Gasteiger partial charge on any atom is 0.329 e. The van der Waals surface area contributed by atoms with Crippen molar-refractivity contribution in [3.63, 3.8) is 0 Å². The molecule has 1 unspecified atom stereocenters. The van der Waals surface area contributed by atoms with Crippen LogP contribution in [0.5, 0.6) is 5.75 Å². The summed E-state index contributed by atoms with van der Waals surface area (Å²) in [4.78, 5) is 32.8. The van der Waals surface area contributed by atoms with Crippen molar-refractivity contribution in [2.75, 3.05) is 6.61 Å². The van der Waals surface area contributed by atoms with E-state index in [1.54, 1.807) is 0 Å². The molecule has 20 heavy (non-hydrogen) atoms. The molecular formula is C12H13FN2O5. The van der Waals surface area contributed by atoms with Gasteiger partial charge in [0, 0.05) is 6.92 Å². The van der Waals surface area contributed by atoms with Crippen molar-refractivity contribution in [2.24, 2.45) is 5.73 Å². The number of carboxylic acid groups (broad SMARTS) is 1. The third-order valence-corrected chi connectivity index (χ3v) is 2.30. The van der Waals surface area contributed by atoms with Crippen molar-refractivity contribution >= 4 is 17.8 Å². The van der Waals surface area contributed by atoms with Crippen LogP contribution in [0.25, 0.3) is 0 Å². The Hall–Kier alpha value is -2.64. The average Bonchev–Trinajstić information content (AvgIpc) is 2.33. The van der Waals surface area contributed by atoms with Crippen LogP contribution in [-0.4, -0.2) is 35.5 Å². The highest BCUT2D eigenvalue weighted by Gasteiger charge is 2.21. The number of hydrogen-bond acceptors (Lipinski definition) is 4. The Labute approximate surface area is 113 Å². The van der Waals surface area contributed by atoms with Crippen LogP contribution in [0.1, 0.15) is 17.3 Å². The molecule has 0 heterocycles. The van der Waals surface area contributed by atoms with Crippen LogP contribution in [0, 0.1) is 5.82 Å². The summed E-state index contributed by atoms with van der Waals surface area (Å²) in [6.07, 6.45) is 0. The van der Waals surface area contributed by atoms with Crippen molar-refractivity contribution in [3.05, 3.63) is 29.6 Å². The minimum absolute atomic E-state index is 0.186. The number of halogens is 1. The molecule has 108 valence electrons. The summed E-state index contributed by atoms with van der Waals surface area (Å²) in [5.41, 5.74) is 4.54. The molecule has 8 heteroatoms. The van der Waals surface area contributed by atoms with Crippen LogP contribution >= 0.6 is 0 Å². The quantitative estimate of drug-likeness (QED) is 0.673. The molecule has 0 aliphatic rings. The first-order valence-corrected chi connectivity index (χ1v) is 5.54. The van der Waals surface area contributed by atoms with Crippen LogP contribution in [0.4, 0.5) is 4.39 Å². The number of carbonyl (C=O) groups is 3. The van der Waals surface area contributed by atoms with Crippen molar-refractivity contribution in [1.29, 1.82) is 0 Å². The number of ether oxygens (including phenoxy) is 1. The molecule has 0 saturated carbocycles. The van der Waals surface area contributed by atoms with E-state index in [0.717, 1.165) is 13.0 Å². The number of amides is 2. The maximum absolute atomic E-state index is 13.4. The largest absolute Gasteiger partial charge is 0.490 e. The molecule has 2 amide bonds. The zero-order valence-electron chi connectivity index (χ0n) is 10.6. The topological polar surface area (TPSA) is 119 Å². The predicted molar refractivity (Wildman–Crippen MR) is 65.7 cm³/mol. The SMILES string of the molecule is CC(=O)NC(COc1cccc(F)c1C(N)=O)C(=O)O. The standard InChI is InChI=1S/C12H13FN2O5/c1-6(16)15-8(12(18)19)5-20-9-4-2-3-7(13)10(9)11(14)17/h2-4,8H,5H2,1H3,(H2,14,17)(H,15,16)(H,18,19). The molecule has 7 nitrogen and oxygen atoms in total. The molecule has 0 spiro atoms. The number of carbonyl (C=O) groups excluding carboxylic acids is 2. The van der Waals surface area contributed by atoms with E-state index in [0.29, 0.717) is 0 Å². The van der Waals surface area contributed by atoms with E-state index in [1.807, 2.05) is 0 Å². The number of nitrogens with two attached hydrogens (primary N) is 1. The molecule has 1 atom stereocenters. The fourth-order valence-electron chi connectivity index (χ4n) is 1.46. The Morgan fingerprint density at radius 2 is 2.10 bits per heavy atom. The van der Waals surface area contributed by atoms with Crippen molar-refractivity contribution in [1.82, 2.24) is 5.32 Å². The molecule has 0 bridgehead atoms. The third-order valence-electron chi connectivity index (χ3n) is 2.30. The Bertz CT molecular complexity index is 547. The third kappa shape index (κ3) is 3.94. The highest BCUT2D eigenvalue weighted by atomic mass is 19.1. The lowest BCUT2D eigenvalue weighted by molar-refractivity contribution is -0.142. The second-order valence-corrected chi connectivity index (χ2v) is 3.88. The molecule has 1 rings (SSSR count). The van der Waals surface area contributed by atoms with E-state index >= 15 is 0 Å². The summed E-state index contributed by atoms with van der Waals surface area (Å²) in [7, 11) is 0. The molecule has 0 fully saturated rings. The van der Waals surface area contributed by atoms with E-state index < -0.39 is 41.8 Å². The molecule has 0 aliphatic carbocycles. The Morgan fingerprint density at radius 3 is 2.60 bits per heavy atom. The lowest BCUT2D eigenvalue weighted by atomic mass is 10.2. The number of hydrogen-bond donors (Lipinski definition) is 3. The summed E-state index contributed by atoms with van der Waals surface area (Å²) in [5, 5.41) is 11.0. The van der Waals surface area contributed by atoms with Gasteiger partial charge in [0.25, 0.3) is 5.91 Å².